The van der Waals surface area contributed by atoms with Crippen molar-refractivity contribution in [1.29, 1.82) is 0 Å². The summed E-state index contributed by atoms with van der Waals surface area (Å²) in [5.74, 6) is 0.0789. The lowest BCUT2D eigenvalue weighted by Crippen LogP contribution is -2.19. The smallest absolute Gasteiger partial charge is 0.221 e. The molecule has 1 atom stereocenters. The molecule has 3 nitrogen and oxygen atoms in total. The van der Waals surface area contributed by atoms with Crippen LogP contribution in [0.5, 0.6) is 0 Å². The maximum absolute atomic E-state index is 12.4. The standard InChI is InChI=1S/C17H23NO2S/c1-12(21-16-6-4-3-5-7-16)17(20)14-8-10-15(11-9-14)18-13(2)19/h8-12,16H,3-7H2,1-2H3,(H,18,19)/t12-/m1/s1. The molecule has 1 aliphatic rings. The minimum atomic E-state index is -0.102. The third-order valence-electron chi connectivity index (χ3n) is 3.81. The van der Waals surface area contributed by atoms with E-state index in [4.69, 9.17) is 0 Å². The van der Waals surface area contributed by atoms with Gasteiger partial charge in [0.15, 0.2) is 5.78 Å². The van der Waals surface area contributed by atoms with Gasteiger partial charge in [-0.1, -0.05) is 19.3 Å². The van der Waals surface area contributed by atoms with E-state index in [9.17, 15) is 9.59 Å². The molecule has 1 amide bonds. The lowest BCUT2D eigenvalue weighted by atomic mass is 10.0. The highest BCUT2D eigenvalue weighted by molar-refractivity contribution is 8.01. The Kier molecular flexibility index (Phi) is 5.85. The number of ketones is 1. The van der Waals surface area contributed by atoms with E-state index in [0.29, 0.717) is 5.25 Å². The summed E-state index contributed by atoms with van der Waals surface area (Å²) in [7, 11) is 0. The van der Waals surface area contributed by atoms with Crippen LogP contribution in [-0.4, -0.2) is 22.2 Å². The predicted octanol–water partition coefficient (Wildman–Crippen LogP) is 4.28. The molecule has 2 rings (SSSR count). The van der Waals surface area contributed by atoms with Crippen LogP contribution in [0.15, 0.2) is 24.3 Å². The highest BCUT2D eigenvalue weighted by atomic mass is 32.2. The summed E-state index contributed by atoms with van der Waals surface area (Å²) in [6.07, 6.45) is 6.41. The van der Waals surface area contributed by atoms with Gasteiger partial charge in [-0.25, -0.2) is 0 Å². The Bertz CT molecular complexity index is 492. The zero-order chi connectivity index (χ0) is 15.2. The minimum Gasteiger partial charge on any atom is -0.326 e. The number of hydrogen-bond donors (Lipinski definition) is 1. The Labute approximate surface area is 130 Å². The van der Waals surface area contributed by atoms with Crippen molar-refractivity contribution < 1.29 is 9.59 Å². The monoisotopic (exact) mass is 305 g/mol. The topological polar surface area (TPSA) is 46.2 Å². The van der Waals surface area contributed by atoms with Gasteiger partial charge < -0.3 is 5.32 Å². The van der Waals surface area contributed by atoms with Crippen molar-refractivity contribution in [3.05, 3.63) is 29.8 Å². The number of benzene rings is 1. The largest absolute Gasteiger partial charge is 0.326 e. The van der Waals surface area contributed by atoms with E-state index in [0.717, 1.165) is 11.3 Å². The Hall–Kier alpha value is -1.29. The molecule has 0 saturated heterocycles. The summed E-state index contributed by atoms with van der Waals surface area (Å²) in [6, 6.07) is 7.16. The number of Topliss-reactive ketones (excluding diaryl/α,β-unsaturated/α-hetero) is 1. The van der Waals surface area contributed by atoms with Crippen molar-refractivity contribution in [3.63, 3.8) is 0 Å². The molecule has 1 aromatic carbocycles. The van der Waals surface area contributed by atoms with Crippen LogP contribution in [0.2, 0.25) is 0 Å². The lowest BCUT2D eigenvalue weighted by molar-refractivity contribution is -0.114. The average Bonchev–Trinajstić information content (AvgIpc) is 2.47. The number of thioether (sulfide) groups is 1. The van der Waals surface area contributed by atoms with Gasteiger partial charge in [0.25, 0.3) is 0 Å². The quantitative estimate of drug-likeness (QED) is 0.826. The second-order valence-electron chi connectivity index (χ2n) is 5.66. The summed E-state index contributed by atoms with van der Waals surface area (Å²) in [4.78, 5) is 23.4. The predicted molar refractivity (Wildman–Crippen MR) is 89.0 cm³/mol. The van der Waals surface area contributed by atoms with Crippen LogP contribution in [0.3, 0.4) is 0 Å². The summed E-state index contributed by atoms with van der Waals surface area (Å²) in [5, 5.41) is 3.35. The van der Waals surface area contributed by atoms with Gasteiger partial charge in [0, 0.05) is 23.4 Å². The van der Waals surface area contributed by atoms with Gasteiger partial charge in [-0.2, -0.15) is 0 Å². The molecular formula is C17H23NO2S. The fraction of sp³-hybridized carbons (Fsp3) is 0.529. The fourth-order valence-corrected chi connectivity index (χ4v) is 4.15. The van der Waals surface area contributed by atoms with Crippen LogP contribution < -0.4 is 5.32 Å². The van der Waals surface area contributed by atoms with Crippen molar-refractivity contribution in [2.24, 2.45) is 0 Å². The SMILES string of the molecule is CC(=O)Nc1ccc(C(=O)[C@@H](C)SC2CCCCC2)cc1. The first-order chi connectivity index (χ1) is 10.1. The van der Waals surface area contributed by atoms with E-state index in [1.807, 2.05) is 18.7 Å². The maximum atomic E-state index is 12.4. The molecule has 0 radical (unpaired) electrons. The third kappa shape index (κ3) is 4.88. The molecule has 0 unspecified atom stereocenters. The third-order valence-corrected chi connectivity index (χ3v) is 5.29. The Balaban J connectivity index is 1.93. The summed E-state index contributed by atoms with van der Waals surface area (Å²) < 4.78 is 0. The summed E-state index contributed by atoms with van der Waals surface area (Å²) >= 11 is 1.82. The molecule has 21 heavy (non-hydrogen) atoms. The first-order valence-corrected chi connectivity index (χ1v) is 8.58. The highest BCUT2D eigenvalue weighted by Crippen LogP contribution is 2.32. The Morgan fingerprint density at radius 2 is 1.76 bits per heavy atom. The Morgan fingerprint density at radius 3 is 2.33 bits per heavy atom. The molecule has 0 spiro atoms. The first kappa shape index (κ1) is 16.1. The number of carbonyl (C=O) groups is 2. The van der Waals surface area contributed by atoms with Crippen LogP contribution in [0, 0.1) is 0 Å². The molecule has 1 N–H and O–H groups in total. The number of nitrogens with one attached hydrogen (secondary N) is 1. The van der Waals surface area contributed by atoms with Crippen LogP contribution in [0.1, 0.15) is 56.3 Å². The van der Waals surface area contributed by atoms with E-state index in [1.165, 1.54) is 39.0 Å². The lowest BCUT2D eigenvalue weighted by Gasteiger charge is -2.23. The molecule has 0 aromatic heterocycles. The molecule has 0 heterocycles. The maximum Gasteiger partial charge on any atom is 0.221 e. The number of rotatable bonds is 5. The highest BCUT2D eigenvalue weighted by Gasteiger charge is 2.22. The minimum absolute atomic E-state index is 0.000263. The van der Waals surface area contributed by atoms with Crippen molar-refractivity contribution in [1.82, 2.24) is 0 Å². The van der Waals surface area contributed by atoms with E-state index in [2.05, 4.69) is 5.32 Å². The first-order valence-electron chi connectivity index (χ1n) is 7.63. The second kappa shape index (κ2) is 7.64. The zero-order valence-electron chi connectivity index (χ0n) is 12.7. The zero-order valence-corrected chi connectivity index (χ0v) is 13.5. The van der Waals surface area contributed by atoms with Crippen molar-refractivity contribution in [2.45, 2.75) is 56.5 Å². The van der Waals surface area contributed by atoms with Gasteiger partial charge in [0.2, 0.25) is 5.91 Å². The van der Waals surface area contributed by atoms with Crippen LogP contribution in [0.25, 0.3) is 0 Å². The molecule has 1 saturated carbocycles. The van der Waals surface area contributed by atoms with Gasteiger partial charge in [-0.15, -0.1) is 11.8 Å². The molecule has 4 heteroatoms. The van der Waals surface area contributed by atoms with Crippen LogP contribution >= 0.6 is 11.8 Å². The summed E-state index contributed by atoms with van der Waals surface area (Å²) in [5.41, 5.74) is 1.45. The normalized spacial score (nSPS) is 17.2. The van der Waals surface area contributed by atoms with E-state index >= 15 is 0 Å². The average molecular weight is 305 g/mol. The van der Waals surface area contributed by atoms with Gasteiger partial charge in [-0.05, 0) is 44.0 Å². The van der Waals surface area contributed by atoms with Crippen LogP contribution in [-0.2, 0) is 4.79 Å². The molecule has 0 aliphatic heterocycles. The second-order valence-corrected chi connectivity index (χ2v) is 7.31. The van der Waals surface area contributed by atoms with Gasteiger partial charge >= 0.3 is 0 Å². The number of anilines is 1. The van der Waals surface area contributed by atoms with E-state index < -0.39 is 0 Å². The molecule has 1 aromatic rings. The number of carbonyl (C=O) groups excluding carboxylic acids is 2. The van der Waals surface area contributed by atoms with Crippen molar-refractivity contribution >= 4 is 29.1 Å². The fourth-order valence-electron chi connectivity index (χ4n) is 2.71. The van der Waals surface area contributed by atoms with E-state index in [-0.39, 0.29) is 16.9 Å². The van der Waals surface area contributed by atoms with Crippen LogP contribution in [0.4, 0.5) is 5.69 Å². The number of hydrogen-bond acceptors (Lipinski definition) is 3. The molecular weight excluding hydrogens is 282 g/mol. The van der Waals surface area contributed by atoms with Crippen molar-refractivity contribution in [2.75, 3.05) is 5.32 Å². The van der Waals surface area contributed by atoms with Gasteiger partial charge in [0.1, 0.15) is 0 Å². The van der Waals surface area contributed by atoms with Crippen molar-refractivity contribution in [3.8, 4) is 0 Å². The number of amides is 1. The molecule has 0 bridgehead atoms. The van der Waals surface area contributed by atoms with Gasteiger partial charge in [0.05, 0.1) is 5.25 Å². The molecule has 114 valence electrons. The molecule has 1 aliphatic carbocycles. The van der Waals surface area contributed by atoms with E-state index in [1.54, 1.807) is 24.3 Å². The summed E-state index contributed by atoms with van der Waals surface area (Å²) in [6.45, 7) is 3.48. The van der Waals surface area contributed by atoms with Gasteiger partial charge in [-0.3, -0.25) is 9.59 Å². The molecule has 1 fully saturated rings. The Morgan fingerprint density at radius 1 is 1.14 bits per heavy atom.